The summed E-state index contributed by atoms with van der Waals surface area (Å²) in [5.74, 6) is 1.59. The van der Waals surface area contributed by atoms with Crippen molar-refractivity contribution in [1.29, 1.82) is 5.26 Å². The van der Waals surface area contributed by atoms with Gasteiger partial charge in [0, 0.05) is 18.1 Å². The minimum atomic E-state index is 0.795. The fourth-order valence-corrected chi connectivity index (χ4v) is 3.10. The molecule has 0 amide bonds. The molecule has 0 spiro atoms. The van der Waals surface area contributed by atoms with Crippen LogP contribution in [0.25, 0.3) is 0 Å². The van der Waals surface area contributed by atoms with E-state index in [9.17, 15) is 5.26 Å². The molecule has 0 fully saturated rings. The van der Waals surface area contributed by atoms with Crippen molar-refractivity contribution in [2.24, 2.45) is 0 Å². The monoisotopic (exact) mass is 397 g/mol. The van der Waals surface area contributed by atoms with E-state index in [-0.39, 0.29) is 0 Å². The Balaban J connectivity index is 2.42. The normalized spacial score (nSPS) is 11.7. The first-order chi connectivity index (χ1) is 14.0. The average Bonchev–Trinajstić information content (AvgIpc) is 2.71. The number of aryl methyl sites for hydroxylation is 1. The lowest BCUT2D eigenvalue weighted by molar-refractivity contribution is -0.460. The first-order valence-corrected chi connectivity index (χ1v) is 10.4. The van der Waals surface area contributed by atoms with Crippen LogP contribution in [0, 0.1) is 11.3 Å². The molecule has 0 saturated heterocycles. The van der Waals surface area contributed by atoms with Gasteiger partial charge >= 0.3 is 0 Å². The Morgan fingerprint density at radius 2 is 1.66 bits per heavy atom. The van der Waals surface area contributed by atoms with Crippen molar-refractivity contribution in [3.05, 3.63) is 47.1 Å². The van der Waals surface area contributed by atoms with E-state index < -0.39 is 0 Å². The minimum Gasteiger partial charge on any atom is -0.497 e. The third kappa shape index (κ3) is 11.1. The lowest BCUT2D eigenvalue weighted by atomic mass is 10.0. The summed E-state index contributed by atoms with van der Waals surface area (Å²) in [5.41, 5.74) is 3.44. The van der Waals surface area contributed by atoms with Gasteiger partial charge in [-0.3, -0.25) is 0 Å². The number of unbranched alkanes of at least 4 members (excludes halogenated alkanes) is 2. The predicted octanol–water partition coefficient (Wildman–Crippen LogP) is 5.72. The first kappa shape index (κ1) is 24.5. The highest BCUT2D eigenvalue weighted by Gasteiger charge is 2.02. The molecule has 4 nitrogen and oxygen atoms in total. The second-order valence-corrected chi connectivity index (χ2v) is 7.58. The van der Waals surface area contributed by atoms with Gasteiger partial charge in [-0.1, -0.05) is 17.7 Å². The van der Waals surface area contributed by atoms with Gasteiger partial charge in [0.15, 0.2) is 0 Å². The summed E-state index contributed by atoms with van der Waals surface area (Å²) in [5, 5.41) is 9.41. The van der Waals surface area contributed by atoms with Gasteiger partial charge in [-0.05, 0) is 69.6 Å². The number of nitriles is 1. The highest BCUT2D eigenvalue weighted by molar-refractivity contribution is 5.50. The van der Waals surface area contributed by atoms with E-state index in [4.69, 9.17) is 9.47 Å². The molecule has 158 valence electrons. The number of methoxy groups -OCH3 is 2. The largest absolute Gasteiger partial charge is 0.497 e. The van der Waals surface area contributed by atoms with Crippen molar-refractivity contribution in [2.45, 2.75) is 58.3 Å². The molecule has 0 unspecified atom stereocenters. The lowest BCUT2D eigenvalue weighted by Gasteiger charge is -2.07. The van der Waals surface area contributed by atoms with Crippen LogP contribution >= 0.6 is 0 Å². The molecule has 1 rings (SSSR count). The summed E-state index contributed by atoms with van der Waals surface area (Å²) in [4.78, 5) is 0. The molecule has 0 aliphatic carbocycles. The van der Waals surface area contributed by atoms with Crippen molar-refractivity contribution in [3.8, 4) is 17.6 Å². The fraction of sp³-hybridized carbons (Fsp3) is 0.520. The van der Waals surface area contributed by atoms with Crippen LogP contribution in [0.2, 0.25) is 0 Å². The number of allylic oxidation sites excluding steroid dienone is 4. The van der Waals surface area contributed by atoms with E-state index in [1.165, 1.54) is 18.4 Å². The zero-order valence-corrected chi connectivity index (χ0v) is 18.8. The molecule has 0 aliphatic rings. The molecule has 0 heterocycles. The van der Waals surface area contributed by atoms with E-state index >= 15 is 0 Å². The molecule has 4 heteroatoms. The lowest BCUT2D eigenvalue weighted by Crippen LogP contribution is -1.97. The third-order valence-electron chi connectivity index (χ3n) is 4.80. The van der Waals surface area contributed by atoms with Crippen LogP contribution in [0.1, 0.15) is 57.4 Å². The van der Waals surface area contributed by atoms with Crippen molar-refractivity contribution >= 4 is 6.21 Å². The molecule has 0 N–H and O–H groups in total. The molecule has 0 saturated carbocycles. The van der Waals surface area contributed by atoms with E-state index in [0.717, 1.165) is 61.2 Å². The van der Waals surface area contributed by atoms with Crippen molar-refractivity contribution in [2.75, 3.05) is 28.3 Å². The first-order valence-electron chi connectivity index (χ1n) is 10.4. The molecule has 29 heavy (non-hydrogen) atoms. The van der Waals surface area contributed by atoms with E-state index in [1.807, 2.05) is 18.2 Å². The van der Waals surface area contributed by atoms with Gasteiger partial charge < -0.3 is 9.47 Å². The van der Waals surface area contributed by atoms with Gasteiger partial charge in [-0.25, -0.2) is 4.58 Å². The Hall–Kier alpha value is -2.54. The van der Waals surface area contributed by atoms with Gasteiger partial charge in [0.1, 0.15) is 31.8 Å². The van der Waals surface area contributed by atoms with Gasteiger partial charge in [0.2, 0.25) is 0 Å². The highest BCUT2D eigenvalue weighted by atomic mass is 16.5. The van der Waals surface area contributed by atoms with Gasteiger partial charge in [0.25, 0.3) is 0 Å². The average molecular weight is 398 g/mol. The number of ether oxygens (including phenoxy) is 2. The smallest absolute Gasteiger partial charge is 0.139 e. The predicted molar refractivity (Wildman–Crippen MR) is 121 cm³/mol. The topological polar surface area (TPSA) is 45.3 Å². The van der Waals surface area contributed by atoms with Crippen LogP contribution < -0.4 is 9.47 Å². The minimum absolute atomic E-state index is 0.795. The molecule has 0 atom stereocenters. The van der Waals surface area contributed by atoms with Crippen molar-refractivity contribution in [1.82, 2.24) is 0 Å². The second-order valence-electron chi connectivity index (χ2n) is 7.58. The maximum absolute atomic E-state index is 9.41. The summed E-state index contributed by atoms with van der Waals surface area (Å²) in [6.07, 6.45) is 14.7. The number of hydrogen-bond donors (Lipinski definition) is 0. The number of hydrogen-bond acceptors (Lipinski definition) is 3. The van der Waals surface area contributed by atoms with Crippen molar-refractivity contribution in [3.63, 3.8) is 0 Å². The zero-order chi connectivity index (χ0) is 21.5. The standard InChI is InChI=1S/C25H37N2O2/c1-21(11-7-6-8-16-27(2)3)12-9-13-22(20-26)14-10-15-23-17-24(28-4)19-25(18-23)29-5/h12,14,16-19H,6-11,13,15H2,1-5H3/q+1/b21-12?,22-14-. The van der Waals surface area contributed by atoms with Gasteiger partial charge in [-0.15, -0.1) is 0 Å². The molecule has 0 radical (unpaired) electrons. The Bertz CT molecular complexity index is 728. The highest BCUT2D eigenvalue weighted by Crippen LogP contribution is 2.23. The SMILES string of the molecule is COc1cc(CC/C=C(\C#N)CCC=C(C)CCCCC=[N+](C)C)cc(OC)c1. The number of rotatable bonds is 13. The molecular formula is C25H37N2O2+. The quantitative estimate of drug-likeness (QED) is 0.141. The molecular weight excluding hydrogens is 360 g/mol. The number of benzene rings is 1. The Morgan fingerprint density at radius 3 is 2.24 bits per heavy atom. The summed E-state index contributed by atoms with van der Waals surface area (Å²) in [6.45, 7) is 2.20. The summed E-state index contributed by atoms with van der Waals surface area (Å²) in [6, 6.07) is 8.26. The van der Waals surface area contributed by atoms with Gasteiger partial charge in [-0.2, -0.15) is 5.26 Å². The van der Waals surface area contributed by atoms with E-state index in [1.54, 1.807) is 14.2 Å². The molecule has 0 bridgehead atoms. The van der Waals surface area contributed by atoms with Crippen LogP contribution in [-0.4, -0.2) is 39.1 Å². The third-order valence-corrected chi connectivity index (χ3v) is 4.80. The zero-order valence-electron chi connectivity index (χ0n) is 18.8. The van der Waals surface area contributed by atoms with Crippen LogP contribution in [-0.2, 0) is 6.42 Å². The van der Waals surface area contributed by atoms with E-state index in [0.29, 0.717) is 0 Å². The Kier molecular flexibility index (Phi) is 12.2. The maximum atomic E-state index is 9.41. The van der Waals surface area contributed by atoms with Crippen LogP contribution in [0.4, 0.5) is 0 Å². The van der Waals surface area contributed by atoms with Crippen LogP contribution in [0.5, 0.6) is 11.5 Å². The summed E-state index contributed by atoms with van der Waals surface area (Å²) >= 11 is 0. The number of nitrogens with zero attached hydrogens (tertiary/aromatic N) is 2. The summed E-state index contributed by atoms with van der Waals surface area (Å²) < 4.78 is 12.7. The van der Waals surface area contributed by atoms with Crippen LogP contribution in [0.15, 0.2) is 41.5 Å². The fourth-order valence-electron chi connectivity index (χ4n) is 3.10. The van der Waals surface area contributed by atoms with E-state index in [2.05, 4.69) is 50.0 Å². The Labute approximate surface area is 177 Å². The molecule has 1 aromatic carbocycles. The summed E-state index contributed by atoms with van der Waals surface area (Å²) in [7, 11) is 7.45. The molecule has 1 aromatic rings. The Morgan fingerprint density at radius 1 is 0.966 bits per heavy atom. The molecule has 0 aromatic heterocycles. The van der Waals surface area contributed by atoms with Crippen molar-refractivity contribution < 1.29 is 14.0 Å². The van der Waals surface area contributed by atoms with Gasteiger partial charge in [0.05, 0.1) is 20.3 Å². The maximum Gasteiger partial charge on any atom is 0.139 e. The van der Waals surface area contributed by atoms with Crippen LogP contribution in [0.3, 0.4) is 0 Å². The molecule has 0 aliphatic heterocycles. The second kappa shape index (κ2) is 14.5.